The van der Waals surface area contributed by atoms with Gasteiger partial charge in [0.1, 0.15) is 17.3 Å². The van der Waals surface area contributed by atoms with Crippen molar-refractivity contribution in [3.63, 3.8) is 0 Å². The molecule has 2 aromatic rings. The second-order valence-corrected chi connectivity index (χ2v) is 6.70. The summed E-state index contributed by atoms with van der Waals surface area (Å²) in [6, 6.07) is 6.38. The summed E-state index contributed by atoms with van der Waals surface area (Å²) in [4.78, 5) is 10.0. The van der Waals surface area contributed by atoms with Crippen molar-refractivity contribution in [2.24, 2.45) is 0 Å². The summed E-state index contributed by atoms with van der Waals surface area (Å²) in [6.45, 7) is 13.8. The Kier molecular flexibility index (Phi) is 8.55. The monoisotopic (exact) mass is 385 g/mol. The molecule has 0 radical (unpaired) electrons. The average molecular weight is 386 g/mol. The number of aryl methyl sites for hydroxylation is 2. The topological polar surface area (TPSA) is 56.3 Å². The fraction of sp³-hybridized carbons (Fsp3) is 0.565. The molecule has 0 amide bonds. The summed E-state index contributed by atoms with van der Waals surface area (Å²) in [5, 5.41) is 3.59. The highest BCUT2D eigenvalue weighted by Crippen LogP contribution is 2.35. The smallest absolute Gasteiger partial charge is 0.148 e. The van der Waals surface area contributed by atoms with Gasteiger partial charge in [-0.05, 0) is 51.7 Å². The Morgan fingerprint density at radius 2 is 1.54 bits per heavy atom. The molecule has 0 aliphatic carbocycles. The van der Waals surface area contributed by atoms with E-state index in [9.17, 15) is 0 Å². The summed E-state index contributed by atoms with van der Waals surface area (Å²) >= 11 is 0. The first-order valence-corrected chi connectivity index (χ1v) is 10.7. The molecule has 1 aromatic carbocycles. The van der Waals surface area contributed by atoms with Gasteiger partial charge in [-0.15, -0.1) is 0 Å². The Hall–Kier alpha value is -2.30. The first kappa shape index (κ1) is 22.0. The third-order valence-corrected chi connectivity index (χ3v) is 4.86. The lowest BCUT2D eigenvalue weighted by Crippen LogP contribution is -2.20. The summed E-state index contributed by atoms with van der Waals surface area (Å²) in [6.07, 6.45) is 3.77. The molecule has 1 N–H and O–H groups in total. The van der Waals surface area contributed by atoms with Crippen LogP contribution in [-0.2, 0) is 12.8 Å². The van der Waals surface area contributed by atoms with Crippen molar-refractivity contribution in [1.82, 2.24) is 9.97 Å². The van der Waals surface area contributed by atoms with Gasteiger partial charge in [0, 0.05) is 17.7 Å². The Balaban J connectivity index is 2.55. The number of aromatic nitrogens is 2. The molecule has 0 fully saturated rings. The Bertz CT molecular complexity index is 758. The molecule has 0 aliphatic rings. The minimum atomic E-state index is 0.416. The van der Waals surface area contributed by atoms with Gasteiger partial charge >= 0.3 is 0 Å². The molecular formula is C23H35N3O2. The summed E-state index contributed by atoms with van der Waals surface area (Å²) in [5.41, 5.74) is 3.85. The van der Waals surface area contributed by atoms with Crippen molar-refractivity contribution in [2.45, 2.75) is 73.3 Å². The third kappa shape index (κ3) is 5.15. The van der Waals surface area contributed by atoms with Crippen LogP contribution < -0.4 is 14.8 Å². The van der Waals surface area contributed by atoms with Crippen molar-refractivity contribution in [3.8, 4) is 22.8 Å². The zero-order valence-electron chi connectivity index (χ0n) is 18.3. The molecule has 154 valence electrons. The van der Waals surface area contributed by atoms with Gasteiger partial charge in [-0.3, -0.25) is 0 Å². The van der Waals surface area contributed by atoms with Crippen molar-refractivity contribution in [3.05, 3.63) is 29.6 Å². The van der Waals surface area contributed by atoms with E-state index in [1.807, 2.05) is 32.0 Å². The van der Waals surface area contributed by atoms with E-state index in [1.165, 1.54) is 0 Å². The highest BCUT2D eigenvalue weighted by molar-refractivity contribution is 5.71. The highest BCUT2D eigenvalue weighted by Gasteiger charge is 2.18. The van der Waals surface area contributed by atoms with Crippen LogP contribution in [0.1, 0.15) is 65.8 Å². The van der Waals surface area contributed by atoms with Gasteiger partial charge < -0.3 is 14.8 Å². The molecule has 0 spiro atoms. The van der Waals surface area contributed by atoms with Crippen LogP contribution in [0.4, 0.5) is 5.82 Å². The maximum Gasteiger partial charge on any atom is 0.148 e. The largest absolute Gasteiger partial charge is 0.494 e. The van der Waals surface area contributed by atoms with E-state index >= 15 is 0 Å². The number of anilines is 1. The van der Waals surface area contributed by atoms with Crippen LogP contribution in [0, 0.1) is 0 Å². The van der Waals surface area contributed by atoms with Crippen LogP contribution in [0.3, 0.4) is 0 Å². The van der Waals surface area contributed by atoms with Crippen molar-refractivity contribution >= 4 is 5.82 Å². The van der Waals surface area contributed by atoms with Crippen LogP contribution in [0.15, 0.2) is 18.2 Å². The minimum Gasteiger partial charge on any atom is -0.494 e. The van der Waals surface area contributed by atoms with Crippen LogP contribution in [0.25, 0.3) is 11.3 Å². The molecule has 0 aliphatic heterocycles. The Labute approximate surface area is 169 Å². The number of nitrogens with one attached hydrogen (secondary N) is 1. The highest BCUT2D eigenvalue weighted by atomic mass is 16.5. The standard InChI is InChI=1S/C23H35N3O2/c1-7-16(8-2)24-23-20(10-4)25-22(19(9-3)26-23)18-14-13-17(27-11-5)15-21(18)28-12-6/h13-16H,7-12H2,1-6H3,(H,24,26). The first-order valence-electron chi connectivity index (χ1n) is 10.7. The molecule has 0 unspecified atom stereocenters. The van der Waals surface area contributed by atoms with Gasteiger partial charge in [0.25, 0.3) is 0 Å². The molecule has 0 atom stereocenters. The first-order chi connectivity index (χ1) is 13.6. The molecule has 0 bridgehead atoms. The lowest BCUT2D eigenvalue weighted by molar-refractivity contribution is 0.324. The molecule has 5 heteroatoms. The van der Waals surface area contributed by atoms with Crippen LogP contribution in [0.2, 0.25) is 0 Å². The lowest BCUT2D eigenvalue weighted by Gasteiger charge is -2.20. The predicted molar refractivity (Wildman–Crippen MR) is 117 cm³/mol. The molecule has 2 rings (SSSR count). The van der Waals surface area contributed by atoms with Gasteiger partial charge in [0.05, 0.1) is 30.3 Å². The molecule has 0 saturated carbocycles. The van der Waals surface area contributed by atoms with Gasteiger partial charge in [0.2, 0.25) is 0 Å². The Morgan fingerprint density at radius 3 is 2.11 bits per heavy atom. The number of hydrogen-bond acceptors (Lipinski definition) is 5. The predicted octanol–water partition coefficient (Wildman–Crippen LogP) is 5.67. The molecular weight excluding hydrogens is 350 g/mol. The molecule has 28 heavy (non-hydrogen) atoms. The number of hydrogen-bond donors (Lipinski definition) is 1. The van der Waals surface area contributed by atoms with E-state index in [-0.39, 0.29) is 0 Å². The zero-order chi connectivity index (χ0) is 20.5. The maximum atomic E-state index is 5.92. The molecule has 0 saturated heterocycles. The van der Waals surface area contributed by atoms with E-state index in [1.54, 1.807) is 0 Å². The van der Waals surface area contributed by atoms with Crippen LogP contribution in [0.5, 0.6) is 11.5 Å². The normalized spacial score (nSPS) is 11.0. The zero-order valence-corrected chi connectivity index (χ0v) is 18.3. The summed E-state index contributed by atoms with van der Waals surface area (Å²) < 4.78 is 11.6. The van der Waals surface area contributed by atoms with Gasteiger partial charge in [0.15, 0.2) is 0 Å². The fourth-order valence-electron chi connectivity index (χ4n) is 3.24. The lowest BCUT2D eigenvalue weighted by atomic mass is 10.1. The van der Waals surface area contributed by atoms with Crippen molar-refractivity contribution in [2.75, 3.05) is 18.5 Å². The number of rotatable bonds is 11. The quantitative estimate of drug-likeness (QED) is 0.540. The van der Waals surface area contributed by atoms with E-state index in [0.717, 1.165) is 65.6 Å². The number of benzene rings is 1. The molecule has 1 heterocycles. The van der Waals surface area contributed by atoms with E-state index < -0.39 is 0 Å². The van der Waals surface area contributed by atoms with E-state index in [4.69, 9.17) is 19.4 Å². The van der Waals surface area contributed by atoms with Crippen molar-refractivity contribution < 1.29 is 9.47 Å². The van der Waals surface area contributed by atoms with E-state index in [2.05, 4.69) is 33.0 Å². The second kappa shape index (κ2) is 10.9. The van der Waals surface area contributed by atoms with Crippen molar-refractivity contribution in [1.29, 1.82) is 0 Å². The van der Waals surface area contributed by atoms with Gasteiger partial charge in [-0.1, -0.05) is 27.7 Å². The maximum absolute atomic E-state index is 5.92. The Morgan fingerprint density at radius 1 is 0.857 bits per heavy atom. The summed E-state index contributed by atoms with van der Waals surface area (Å²) in [5.74, 6) is 2.52. The van der Waals surface area contributed by atoms with Gasteiger partial charge in [-0.25, -0.2) is 9.97 Å². The SMILES string of the molecule is CCOc1ccc(-c2nc(CC)c(NC(CC)CC)nc2CC)c(OCC)c1. The summed E-state index contributed by atoms with van der Waals surface area (Å²) in [7, 11) is 0. The third-order valence-electron chi connectivity index (χ3n) is 4.86. The fourth-order valence-corrected chi connectivity index (χ4v) is 3.24. The number of nitrogens with zero attached hydrogens (tertiary/aromatic N) is 2. The molecule has 1 aromatic heterocycles. The average Bonchev–Trinajstić information content (AvgIpc) is 2.72. The van der Waals surface area contributed by atoms with Crippen LogP contribution >= 0.6 is 0 Å². The van der Waals surface area contributed by atoms with Gasteiger partial charge in [-0.2, -0.15) is 0 Å². The number of ether oxygens (including phenoxy) is 2. The minimum absolute atomic E-state index is 0.416. The van der Waals surface area contributed by atoms with E-state index in [0.29, 0.717) is 19.3 Å². The van der Waals surface area contributed by atoms with Crippen LogP contribution in [-0.4, -0.2) is 29.2 Å². The molecule has 5 nitrogen and oxygen atoms in total. The second-order valence-electron chi connectivity index (χ2n) is 6.70.